The van der Waals surface area contributed by atoms with E-state index in [9.17, 15) is 0 Å². The number of nitrogens with zero attached hydrogens (tertiary/aromatic N) is 3. The van der Waals surface area contributed by atoms with Gasteiger partial charge < -0.3 is 0 Å². The van der Waals surface area contributed by atoms with Crippen LogP contribution in [-0.4, -0.2) is 35.6 Å². The van der Waals surface area contributed by atoms with E-state index in [1.807, 2.05) is 6.07 Å². The SMILES string of the molecule is c1ccc2c([Se]c3nn[nH]n3)cccc2c1. The molecule has 3 aromatic rings. The summed E-state index contributed by atoms with van der Waals surface area (Å²) in [6.45, 7) is 0. The summed E-state index contributed by atoms with van der Waals surface area (Å²) in [7, 11) is 0. The Bertz CT molecular complexity index is 601. The summed E-state index contributed by atoms with van der Waals surface area (Å²) in [5.41, 5.74) is 0. The molecule has 0 radical (unpaired) electrons. The third-order valence-electron chi connectivity index (χ3n) is 2.28. The number of fused-ring (bicyclic) bond motifs is 1. The van der Waals surface area contributed by atoms with Crippen molar-refractivity contribution in [1.29, 1.82) is 0 Å². The molecule has 0 aliphatic heterocycles. The molecule has 0 spiro atoms. The molecule has 0 saturated heterocycles. The van der Waals surface area contributed by atoms with Gasteiger partial charge >= 0.3 is 98.0 Å². The number of benzene rings is 2. The van der Waals surface area contributed by atoms with Crippen LogP contribution in [0.5, 0.6) is 0 Å². The molecule has 0 fully saturated rings. The number of nitrogens with one attached hydrogen (secondary N) is 1. The molecule has 16 heavy (non-hydrogen) atoms. The molecule has 0 unspecified atom stereocenters. The molecule has 0 atom stereocenters. The summed E-state index contributed by atoms with van der Waals surface area (Å²) in [6.07, 6.45) is 0. The minimum absolute atomic E-state index is 0.105. The van der Waals surface area contributed by atoms with E-state index < -0.39 is 0 Å². The van der Waals surface area contributed by atoms with Crippen LogP contribution in [0.3, 0.4) is 0 Å². The van der Waals surface area contributed by atoms with Crippen molar-refractivity contribution in [3.05, 3.63) is 42.5 Å². The molecular formula is C11H8N4Se. The number of hydrogen-bond donors (Lipinski definition) is 1. The van der Waals surface area contributed by atoms with Crippen LogP contribution >= 0.6 is 0 Å². The van der Waals surface area contributed by atoms with Crippen molar-refractivity contribution < 1.29 is 0 Å². The molecule has 0 bridgehead atoms. The normalized spacial score (nSPS) is 10.8. The molecule has 5 heteroatoms. The quantitative estimate of drug-likeness (QED) is 0.670. The van der Waals surface area contributed by atoms with Gasteiger partial charge in [-0.25, -0.2) is 0 Å². The molecule has 0 saturated carbocycles. The van der Waals surface area contributed by atoms with Crippen LogP contribution in [0.2, 0.25) is 0 Å². The van der Waals surface area contributed by atoms with Gasteiger partial charge in [-0.2, -0.15) is 0 Å². The second-order valence-corrected chi connectivity index (χ2v) is 5.39. The van der Waals surface area contributed by atoms with Gasteiger partial charge in [-0.15, -0.1) is 0 Å². The van der Waals surface area contributed by atoms with Gasteiger partial charge in [0.25, 0.3) is 0 Å². The summed E-state index contributed by atoms with van der Waals surface area (Å²) in [5, 5.41) is 16.6. The van der Waals surface area contributed by atoms with E-state index in [2.05, 4.69) is 57.0 Å². The summed E-state index contributed by atoms with van der Waals surface area (Å²) in [6, 6.07) is 14.7. The second-order valence-electron chi connectivity index (χ2n) is 3.27. The molecule has 0 amide bonds. The molecule has 1 N–H and O–H groups in total. The van der Waals surface area contributed by atoms with Crippen molar-refractivity contribution in [1.82, 2.24) is 20.6 Å². The Morgan fingerprint density at radius 3 is 2.75 bits per heavy atom. The average molecular weight is 275 g/mol. The van der Waals surface area contributed by atoms with E-state index in [4.69, 9.17) is 0 Å². The summed E-state index contributed by atoms with van der Waals surface area (Å²) < 4.78 is 2.07. The van der Waals surface area contributed by atoms with E-state index >= 15 is 0 Å². The van der Waals surface area contributed by atoms with Crippen molar-refractivity contribution in [2.24, 2.45) is 0 Å². The molecule has 3 rings (SSSR count). The number of rotatable bonds is 2. The molecule has 0 aliphatic carbocycles. The summed E-state index contributed by atoms with van der Waals surface area (Å²) >= 11 is 0.105. The topological polar surface area (TPSA) is 54.5 Å². The third-order valence-corrected chi connectivity index (χ3v) is 4.23. The van der Waals surface area contributed by atoms with Gasteiger partial charge in [0, 0.05) is 0 Å². The molecule has 4 nitrogen and oxygen atoms in total. The van der Waals surface area contributed by atoms with E-state index in [-0.39, 0.29) is 15.0 Å². The Kier molecular flexibility index (Phi) is 2.40. The van der Waals surface area contributed by atoms with Gasteiger partial charge in [0.1, 0.15) is 0 Å². The maximum atomic E-state index is 4.00. The van der Waals surface area contributed by atoms with Gasteiger partial charge in [-0.1, -0.05) is 0 Å². The van der Waals surface area contributed by atoms with E-state index in [1.165, 1.54) is 15.2 Å². The fraction of sp³-hybridized carbons (Fsp3) is 0. The Labute approximate surface area is 98.2 Å². The van der Waals surface area contributed by atoms with Crippen LogP contribution in [0.15, 0.2) is 42.5 Å². The minimum atomic E-state index is 0.105. The third kappa shape index (κ3) is 1.71. The Balaban J connectivity index is 2.10. The van der Waals surface area contributed by atoms with Crippen LogP contribution in [0.1, 0.15) is 0 Å². The van der Waals surface area contributed by atoms with Crippen LogP contribution in [0.25, 0.3) is 10.8 Å². The summed E-state index contributed by atoms with van der Waals surface area (Å²) in [4.78, 5) is 0. The maximum absolute atomic E-state index is 4.00. The molecule has 2 aromatic carbocycles. The van der Waals surface area contributed by atoms with E-state index in [0.29, 0.717) is 0 Å². The number of H-pyrrole nitrogens is 1. The first-order valence-corrected chi connectivity index (χ1v) is 6.54. The van der Waals surface area contributed by atoms with Crippen LogP contribution < -0.4 is 9.18 Å². The fourth-order valence-corrected chi connectivity index (χ4v) is 3.27. The van der Waals surface area contributed by atoms with Crippen LogP contribution in [-0.2, 0) is 0 Å². The molecular weight excluding hydrogens is 267 g/mol. The molecule has 0 aliphatic rings. The van der Waals surface area contributed by atoms with Crippen molar-refractivity contribution >= 4 is 34.9 Å². The zero-order valence-electron chi connectivity index (χ0n) is 8.29. The van der Waals surface area contributed by atoms with Crippen molar-refractivity contribution in [3.63, 3.8) is 0 Å². The average Bonchev–Trinajstić information content (AvgIpc) is 2.82. The second kappa shape index (κ2) is 4.04. The van der Waals surface area contributed by atoms with Gasteiger partial charge in [0.05, 0.1) is 0 Å². The van der Waals surface area contributed by atoms with Gasteiger partial charge in [-0.3, -0.25) is 0 Å². The number of hydrogen-bond acceptors (Lipinski definition) is 3. The predicted molar refractivity (Wildman–Crippen MR) is 63.1 cm³/mol. The first-order valence-electron chi connectivity index (χ1n) is 4.82. The molecule has 78 valence electrons. The number of aromatic nitrogens is 4. The van der Waals surface area contributed by atoms with E-state index in [0.717, 1.165) is 4.72 Å². The zero-order chi connectivity index (χ0) is 10.8. The Morgan fingerprint density at radius 1 is 1.00 bits per heavy atom. The van der Waals surface area contributed by atoms with Crippen LogP contribution in [0, 0.1) is 0 Å². The van der Waals surface area contributed by atoms with Crippen molar-refractivity contribution in [2.75, 3.05) is 0 Å². The molecule has 1 aromatic heterocycles. The van der Waals surface area contributed by atoms with Crippen molar-refractivity contribution in [2.45, 2.75) is 0 Å². The Morgan fingerprint density at radius 2 is 1.88 bits per heavy atom. The first kappa shape index (κ1) is 9.51. The van der Waals surface area contributed by atoms with E-state index in [1.54, 1.807) is 0 Å². The van der Waals surface area contributed by atoms with Gasteiger partial charge in [-0.05, 0) is 0 Å². The summed E-state index contributed by atoms with van der Waals surface area (Å²) in [5.74, 6) is 0. The van der Waals surface area contributed by atoms with Crippen LogP contribution in [0.4, 0.5) is 0 Å². The predicted octanol–water partition coefficient (Wildman–Crippen LogP) is 0.00790. The molecule has 1 heterocycles. The zero-order valence-corrected chi connectivity index (χ0v) is 10.0. The first-order chi connectivity index (χ1) is 7.93. The standard InChI is InChI=1S/C11H8N4Se/c1-2-6-9-8(4-1)5-3-7-10(9)16-11-12-14-15-13-11/h1-7H,(H,12,13,14,15). The monoisotopic (exact) mass is 276 g/mol. The van der Waals surface area contributed by atoms with Gasteiger partial charge in [0.2, 0.25) is 0 Å². The Hall–Kier alpha value is -1.71. The fourth-order valence-electron chi connectivity index (χ4n) is 1.58. The number of tetrazole rings is 1. The van der Waals surface area contributed by atoms with Crippen molar-refractivity contribution in [3.8, 4) is 0 Å². The van der Waals surface area contributed by atoms with Gasteiger partial charge in [0.15, 0.2) is 0 Å². The number of aromatic amines is 1.